The average molecular weight is 301 g/mol. The lowest BCUT2D eigenvalue weighted by atomic mass is 9.70. The van der Waals surface area contributed by atoms with Crippen LogP contribution in [0.4, 0.5) is 0 Å². The second-order valence-electron chi connectivity index (χ2n) is 6.70. The summed E-state index contributed by atoms with van der Waals surface area (Å²) < 4.78 is 0. The number of likely N-dealkylation sites (N-methyl/N-ethyl adjacent to an activating group) is 1. The summed E-state index contributed by atoms with van der Waals surface area (Å²) in [6, 6.07) is 10.4. The number of nitrogens with zero attached hydrogens (tertiary/aromatic N) is 2. The van der Waals surface area contributed by atoms with Crippen molar-refractivity contribution in [2.24, 2.45) is 0 Å². The molecule has 22 heavy (non-hydrogen) atoms. The Bertz CT molecular complexity index is 488. The lowest BCUT2D eigenvalue weighted by molar-refractivity contribution is -0.127. The van der Waals surface area contributed by atoms with Crippen LogP contribution in [0, 0.1) is 0 Å². The molecule has 0 unspecified atom stereocenters. The zero-order valence-corrected chi connectivity index (χ0v) is 13.6. The first-order chi connectivity index (χ1) is 10.7. The van der Waals surface area contributed by atoms with E-state index in [1.54, 1.807) is 0 Å². The fourth-order valence-corrected chi connectivity index (χ4v) is 3.70. The summed E-state index contributed by atoms with van der Waals surface area (Å²) in [6.45, 7) is 6.60. The maximum Gasteiger partial charge on any atom is 0.157 e. The highest BCUT2D eigenvalue weighted by atomic mass is 16.1. The number of carbonyl (C=O) groups is 1. The van der Waals surface area contributed by atoms with Crippen molar-refractivity contribution >= 4 is 5.78 Å². The van der Waals surface area contributed by atoms with Crippen molar-refractivity contribution in [2.75, 3.05) is 52.9 Å². The van der Waals surface area contributed by atoms with Gasteiger partial charge in [0.1, 0.15) is 0 Å². The molecule has 0 aromatic heterocycles. The second kappa shape index (κ2) is 6.90. The van der Waals surface area contributed by atoms with Gasteiger partial charge in [-0.15, -0.1) is 0 Å². The van der Waals surface area contributed by atoms with Gasteiger partial charge in [-0.3, -0.25) is 9.69 Å². The standard InChI is InChI=1S/C18H27N3O/c1-20-11-13-21(14-12-20)15-17(22)18(7-9-19-10-8-18)16-5-3-2-4-6-16/h2-6,19H,7-15H2,1H3. The number of hydrogen-bond donors (Lipinski definition) is 1. The van der Waals surface area contributed by atoms with Crippen LogP contribution in [0.5, 0.6) is 0 Å². The van der Waals surface area contributed by atoms with Gasteiger partial charge in [0, 0.05) is 26.2 Å². The SMILES string of the molecule is CN1CCN(CC(=O)C2(c3ccccc3)CCNCC2)CC1. The van der Waals surface area contributed by atoms with Crippen LogP contribution in [0.15, 0.2) is 30.3 Å². The van der Waals surface area contributed by atoms with Crippen LogP contribution in [-0.2, 0) is 10.2 Å². The van der Waals surface area contributed by atoms with Gasteiger partial charge in [-0.1, -0.05) is 30.3 Å². The smallest absolute Gasteiger partial charge is 0.157 e. The Balaban J connectivity index is 1.76. The van der Waals surface area contributed by atoms with Crippen LogP contribution in [0.1, 0.15) is 18.4 Å². The minimum atomic E-state index is -0.282. The van der Waals surface area contributed by atoms with E-state index in [0.29, 0.717) is 12.3 Å². The van der Waals surface area contributed by atoms with Gasteiger partial charge in [-0.25, -0.2) is 0 Å². The maximum atomic E-state index is 13.2. The van der Waals surface area contributed by atoms with Crippen LogP contribution in [0.3, 0.4) is 0 Å². The highest BCUT2D eigenvalue weighted by molar-refractivity contribution is 5.92. The monoisotopic (exact) mass is 301 g/mol. The van der Waals surface area contributed by atoms with Crippen molar-refractivity contribution in [3.05, 3.63) is 35.9 Å². The van der Waals surface area contributed by atoms with E-state index in [-0.39, 0.29) is 5.41 Å². The molecule has 1 N–H and O–H groups in total. The highest BCUT2D eigenvalue weighted by Crippen LogP contribution is 2.34. The first-order valence-electron chi connectivity index (χ1n) is 8.41. The Labute approximate surface area is 133 Å². The van der Waals surface area contributed by atoms with Crippen LogP contribution in [0.2, 0.25) is 0 Å². The summed E-state index contributed by atoms with van der Waals surface area (Å²) >= 11 is 0. The zero-order valence-electron chi connectivity index (χ0n) is 13.6. The van der Waals surface area contributed by atoms with Gasteiger partial charge in [0.15, 0.2) is 5.78 Å². The molecular weight excluding hydrogens is 274 g/mol. The number of piperazine rings is 1. The zero-order chi connectivity index (χ0) is 15.4. The molecule has 0 aliphatic carbocycles. The molecular formula is C18H27N3O. The lowest BCUT2D eigenvalue weighted by Gasteiger charge is -2.39. The van der Waals surface area contributed by atoms with Crippen LogP contribution >= 0.6 is 0 Å². The molecule has 3 rings (SSSR count). The molecule has 0 saturated carbocycles. The van der Waals surface area contributed by atoms with Crippen LogP contribution in [-0.4, -0.2) is 68.4 Å². The normalized spacial score (nSPS) is 23.3. The Morgan fingerprint density at radius 2 is 1.73 bits per heavy atom. The fraction of sp³-hybridized carbons (Fsp3) is 0.611. The third-order valence-electron chi connectivity index (χ3n) is 5.28. The molecule has 1 aromatic carbocycles. The van der Waals surface area contributed by atoms with Gasteiger partial charge in [-0.05, 0) is 38.5 Å². The van der Waals surface area contributed by atoms with E-state index < -0.39 is 0 Å². The summed E-state index contributed by atoms with van der Waals surface area (Å²) in [6.07, 6.45) is 1.84. The maximum absolute atomic E-state index is 13.2. The number of Topliss-reactive ketones (excluding diaryl/α,β-unsaturated/α-hetero) is 1. The van der Waals surface area contributed by atoms with E-state index in [9.17, 15) is 4.79 Å². The summed E-state index contributed by atoms with van der Waals surface area (Å²) in [7, 11) is 2.15. The second-order valence-corrected chi connectivity index (χ2v) is 6.70. The predicted molar refractivity (Wildman–Crippen MR) is 89.2 cm³/mol. The van der Waals surface area contributed by atoms with Gasteiger partial charge < -0.3 is 10.2 Å². The van der Waals surface area contributed by atoms with E-state index in [1.165, 1.54) is 5.56 Å². The summed E-state index contributed by atoms with van der Waals surface area (Å²) in [5.41, 5.74) is 0.922. The molecule has 2 saturated heterocycles. The van der Waals surface area contributed by atoms with E-state index in [1.807, 2.05) is 6.07 Å². The Kier molecular flexibility index (Phi) is 4.91. The van der Waals surface area contributed by atoms with Crippen LogP contribution < -0.4 is 5.32 Å². The van der Waals surface area contributed by atoms with Crippen molar-refractivity contribution in [3.8, 4) is 0 Å². The lowest BCUT2D eigenvalue weighted by Crippen LogP contribution is -2.52. The van der Waals surface area contributed by atoms with Crippen molar-refractivity contribution in [3.63, 3.8) is 0 Å². The molecule has 0 radical (unpaired) electrons. The molecule has 4 heteroatoms. The van der Waals surface area contributed by atoms with Gasteiger partial charge in [0.05, 0.1) is 12.0 Å². The molecule has 0 spiro atoms. The van der Waals surface area contributed by atoms with Gasteiger partial charge in [0.25, 0.3) is 0 Å². The minimum absolute atomic E-state index is 0.282. The molecule has 2 aliphatic rings. The molecule has 1 aromatic rings. The average Bonchev–Trinajstić information content (AvgIpc) is 2.58. The Morgan fingerprint density at radius 1 is 1.09 bits per heavy atom. The quantitative estimate of drug-likeness (QED) is 0.904. The van der Waals surface area contributed by atoms with Crippen molar-refractivity contribution < 1.29 is 4.79 Å². The number of ketones is 1. The summed E-state index contributed by atoms with van der Waals surface area (Å²) in [4.78, 5) is 17.8. The van der Waals surface area contributed by atoms with Gasteiger partial charge in [0.2, 0.25) is 0 Å². The predicted octanol–water partition coefficient (Wildman–Crippen LogP) is 1.12. The van der Waals surface area contributed by atoms with Gasteiger partial charge >= 0.3 is 0 Å². The molecule has 0 bridgehead atoms. The molecule has 0 amide bonds. The van der Waals surface area contributed by atoms with E-state index in [0.717, 1.165) is 52.1 Å². The topological polar surface area (TPSA) is 35.6 Å². The van der Waals surface area contributed by atoms with E-state index in [4.69, 9.17) is 0 Å². The molecule has 0 atom stereocenters. The number of rotatable bonds is 4. The van der Waals surface area contributed by atoms with Gasteiger partial charge in [-0.2, -0.15) is 0 Å². The number of hydrogen-bond acceptors (Lipinski definition) is 4. The Hall–Kier alpha value is -1.23. The fourth-order valence-electron chi connectivity index (χ4n) is 3.70. The highest BCUT2D eigenvalue weighted by Gasteiger charge is 2.41. The molecule has 2 heterocycles. The first kappa shape index (κ1) is 15.7. The van der Waals surface area contributed by atoms with Crippen LogP contribution in [0.25, 0.3) is 0 Å². The molecule has 2 fully saturated rings. The van der Waals surface area contributed by atoms with Crippen molar-refractivity contribution in [1.29, 1.82) is 0 Å². The number of carbonyl (C=O) groups excluding carboxylic acids is 1. The third-order valence-corrected chi connectivity index (χ3v) is 5.28. The largest absolute Gasteiger partial charge is 0.317 e. The van der Waals surface area contributed by atoms with Crippen molar-refractivity contribution in [2.45, 2.75) is 18.3 Å². The molecule has 4 nitrogen and oxygen atoms in total. The minimum Gasteiger partial charge on any atom is -0.317 e. The summed E-state index contributed by atoms with van der Waals surface area (Å²) in [5, 5.41) is 3.40. The Morgan fingerprint density at radius 3 is 2.36 bits per heavy atom. The first-order valence-corrected chi connectivity index (χ1v) is 8.41. The van der Waals surface area contributed by atoms with E-state index in [2.05, 4.69) is 46.4 Å². The number of benzene rings is 1. The van der Waals surface area contributed by atoms with Crippen molar-refractivity contribution in [1.82, 2.24) is 15.1 Å². The number of piperidine rings is 1. The molecule has 120 valence electrons. The van der Waals surface area contributed by atoms with E-state index >= 15 is 0 Å². The third kappa shape index (κ3) is 3.24. The molecule has 2 aliphatic heterocycles. The number of nitrogens with one attached hydrogen (secondary N) is 1. The summed E-state index contributed by atoms with van der Waals surface area (Å²) in [5.74, 6) is 0.407.